The largest absolute Gasteiger partial charge is 0.369 e. The quantitative estimate of drug-likeness (QED) is 0.370. The first-order chi connectivity index (χ1) is 19.2. The Morgan fingerprint density at radius 3 is 2.35 bits per heavy atom. The number of benzene rings is 1. The molecule has 40 heavy (non-hydrogen) atoms. The summed E-state index contributed by atoms with van der Waals surface area (Å²) in [5.41, 5.74) is 1.21. The maximum Gasteiger partial charge on any atom is 0.270 e. The van der Waals surface area contributed by atoms with Gasteiger partial charge in [-0.25, -0.2) is 18.2 Å². The fourth-order valence-corrected chi connectivity index (χ4v) is 6.20. The number of hydrogen-bond donors (Lipinski definition) is 0. The number of rotatable bonds is 7. The molecule has 5 rings (SSSR count). The number of aryl methyl sites for hydroxylation is 1. The van der Waals surface area contributed by atoms with Crippen molar-refractivity contribution in [2.24, 2.45) is 13.0 Å². The molecule has 7 nitrogen and oxygen atoms in total. The van der Waals surface area contributed by atoms with Crippen molar-refractivity contribution in [1.82, 2.24) is 9.55 Å². The first-order valence-corrected chi connectivity index (χ1v) is 13.6. The van der Waals surface area contributed by atoms with Crippen LogP contribution in [0, 0.1) is 34.4 Å². The number of aromatic nitrogens is 2. The number of fused-ring (bicyclic) bond motifs is 1. The van der Waals surface area contributed by atoms with Gasteiger partial charge in [0.1, 0.15) is 34.7 Å². The molecule has 0 radical (unpaired) electrons. The molecule has 0 spiro atoms. The zero-order chi connectivity index (χ0) is 28.6. The van der Waals surface area contributed by atoms with E-state index in [2.05, 4.69) is 16.0 Å². The zero-order valence-electron chi connectivity index (χ0n) is 22.6. The van der Waals surface area contributed by atoms with Crippen LogP contribution in [0.3, 0.4) is 0 Å². The second kappa shape index (κ2) is 11.2. The van der Waals surface area contributed by atoms with E-state index < -0.39 is 17.8 Å². The molecule has 1 aromatic carbocycles. The van der Waals surface area contributed by atoms with Crippen LogP contribution in [0.1, 0.15) is 68.2 Å². The van der Waals surface area contributed by atoms with Crippen molar-refractivity contribution in [3.05, 3.63) is 63.3 Å². The lowest BCUT2D eigenvalue weighted by atomic mass is 9.83. The van der Waals surface area contributed by atoms with Crippen molar-refractivity contribution in [2.75, 3.05) is 23.4 Å². The van der Waals surface area contributed by atoms with Gasteiger partial charge in [0.05, 0.1) is 11.2 Å². The lowest BCUT2D eigenvalue weighted by Gasteiger charge is -2.44. The highest BCUT2D eigenvalue weighted by Gasteiger charge is 2.34. The smallest absolute Gasteiger partial charge is 0.270 e. The second-order valence-corrected chi connectivity index (χ2v) is 10.9. The SMILES string of the molecule is CN(c1c(C#N)c(=O)n(C)c2ccc(C#N)nc12)C1CCC(N(CC2CCC2)c2ccc(F)cc2C(F)F)CC1. The summed E-state index contributed by atoms with van der Waals surface area (Å²) in [5, 5.41) is 19.3. The maximum absolute atomic E-state index is 14.0. The fourth-order valence-electron chi connectivity index (χ4n) is 6.20. The Balaban J connectivity index is 1.45. The molecule has 0 saturated heterocycles. The Hall–Kier alpha value is -4.05. The number of alkyl halides is 2. The predicted molar refractivity (Wildman–Crippen MR) is 147 cm³/mol. The van der Waals surface area contributed by atoms with Gasteiger partial charge in [-0.2, -0.15) is 10.5 Å². The average molecular weight is 549 g/mol. The van der Waals surface area contributed by atoms with Crippen molar-refractivity contribution in [1.29, 1.82) is 10.5 Å². The van der Waals surface area contributed by atoms with Gasteiger partial charge in [-0.15, -0.1) is 0 Å². The lowest BCUT2D eigenvalue weighted by molar-refractivity contribution is 0.151. The van der Waals surface area contributed by atoms with Gasteiger partial charge in [0.2, 0.25) is 0 Å². The molecule has 2 aromatic heterocycles. The summed E-state index contributed by atoms with van der Waals surface area (Å²) < 4.78 is 43.2. The van der Waals surface area contributed by atoms with Crippen LogP contribution in [0.5, 0.6) is 0 Å². The molecular weight excluding hydrogens is 517 g/mol. The van der Waals surface area contributed by atoms with E-state index in [0.29, 0.717) is 60.6 Å². The monoisotopic (exact) mass is 548 g/mol. The van der Waals surface area contributed by atoms with Crippen LogP contribution < -0.4 is 15.4 Å². The number of pyridine rings is 2. The molecular formula is C30H31F3N6O. The van der Waals surface area contributed by atoms with Gasteiger partial charge in [-0.3, -0.25) is 4.79 Å². The van der Waals surface area contributed by atoms with Gasteiger partial charge in [-0.05, 0) is 74.8 Å². The molecule has 2 aliphatic carbocycles. The summed E-state index contributed by atoms with van der Waals surface area (Å²) in [6.45, 7) is 0.662. The minimum Gasteiger partial charge on any atom is -0.369 e. The van der Waals surface area contributed by atoms with Crippen LogP contribution in [0.4, 0.5) is 24.5 Å². The third-order valence-electron chi connectivity index (χ3n) is 8.66. The molecule has 2 saturated carbocycles. The summed E-state index contributed by atoms with van der Waals surface area (Å²) in [7, 11) is 3.41. The summed E-state index contributed by atoms with van der Waals surface area (Å²) in [6.07, 6.45) is 3.30. The van der Waals surface area contributed by atoms with Gasteiger partial charge in [0.25, 0.3) is 12.0 Å². The van der Waals surface area contributed by atoms with Gasteiger partial charge >= 0.3 is 0 Å². The first kappa shape index (κ1) is 27.5. The van der Waals surface area contributed by atoms with Gasteiger partial charge < -0.3 is 14.4 Å². The Labute approximate surface area is 231 Å². The number of hydrogen-bond acceptors (Lipinski definition) is 6. The van der Waals surface area contributed by atoms with Crippen molar-refractivity contribution < 1.29 is 13.2 Å². The Morgan fingerprint density at radius 2 is 1.75 bits per heavy atom. The highest BCUT2D eigenvalue weighted by molar-refractivity contribution is 5.92. The molecule has 208 valence electrons. The molecule has 0 bridgehead atoms. The van der Waals surface area contributed by atoms with Crippen LogP contribution in [0.2, 0.25) is 0 Å². The van der Waals surface area contributed by atoms with Crippen molar-refractivity contribution in [3.63, 3.8) is 0 Å². The topological polar surface area (TPSA) is 88.9 Å². The third-order valence-corrected chi connectivity index (χ3v) is 8.66. The van der Waals surface area contributed by atoms with E-state index >= 15 is 0 Å². The van der Waals surface area contributed by atoms with Crippen LogP contribution >= 0.6 is 0 Å². The van der Waals surface area contributed by atoms with E-state index in [-0.39, 0.29) is 28.9 Å². The van der Waals surface area contributed by atoms with Crippen LogP contribution in [-0.2, 0) is 7.05 Å². The summed E-state index contributed by atoms with van der Waals surface area (Å²) >= 11 is 0. The van der Waals surface area contributed by atoms with E-state index in [1.807, 2.05) is 18.0 Å². The highest BCUT2D eigenvalue weighted by atomic mass is 19.3. The normalized spacial score (nSPS) is 19.2. The van der Waals surface area contributed by atoms with E-state index in [1.54, 1.807) is 19.2 Å². The number of nitrogens with zero attached hydrogens (tertiary/aromatic N) is 6. The van der Waals surface area contributed by atoms with E-state index in [1.165, 1.54) is 16.7 Å². The predicted octanol–water partition coefficient (Wildman–Crippen LogP) is 5.81. The molecule has 2 aliphatic rings. The molecule has 0 amide bonds. The Kier molecular flexibility index (Phi) is 7.71. The van der Waals surface area contributed by atoms with Crippen LogP contribution in [0.15, 0.2) is 35.1 Å². The Morgan fingerprint density at radius 1 is 1.05 bits per heavy atom. The molecule has 2 fully saturated rings. The van der Waals surface area contributed by atoms with Gasteiger partial charge in [0, 0.05) is 44.0 Å². The molecule has 10 heteroatoms. The minimum atomic E-state index is -2.78. The van der Waals surface area contributed by atoms with Crippen LogP contribution in [0.25, 0.3) is 11.0 Å². The van der Waals surface area contributed by atoms with Crippen molar-refractivity contribution >= 4 is 22.4 Å². The van der Waals surface area contributed by atoms with Crippen molar-refractivity contribution in [2.45, 2.75) is 63.5 Å². The van der Waals surface area contributed by atoms with Gasteiger partial charge in [0.15, 0.2) is 0 Å². The lowest BCUT2D eigenvalue weighted by Crippen LogP contribution is -2.46. The van der Waals surface area contributed by atoms with Gasteiger partial charge in [-0.1, -0.05) is 6.42 Å². The van der Waals surface area contributed by atoms with E-state index in [0.717, 1.165) is 25.3 Å². The number of nitriles is 2. The number of anilines is 2. The maximum atomic E-state index is 14.0. The summed E-state index contributed by atoms with van der Waals surface area (Å²) in [6, 6.07) is 10.9. The first-order valence-electron chi connectivity index (χ1n) is 13.6. The highest BCUT2D eigenvalue weighted by Crippen LogP contribution is 2.39. The molecule has 0 unspecified atom stereocenters. The zero-order valence-corrected chi connectivity index (χ0v) is 22.6. The Bertz CT molecular complexity index is 1560. The molecule has 0 aliphatic heterocycles. The minimum absolute atomic E-state index is 0.00681. The molecule has 0 atom stereocenters. The second-order valence-electron chi connectivity index (χ2n) is 10.9. The molecule has 0 N–H and O–H groups in total. The molecule has 2 heterocycles. The van der Waals surface area contributed by atoms with E-state index in [4.69, 9.17) is 0 Å². The summed E-state index contributed by atoms with van der Waals surface area (Å²) in [5.74, 6) is -0.239. The third kappa shape index (κ3) is 4.99. The van der Waals surface area contributed by atoms with E-state index in [9.17, 15) is 28.5 Å². The average Bonchev–Trinajstić information content (AvgIpc) is 2.94. The van der Waals surface area contributed by atoms with Crippen LogP contribution in [-0.4, -0.2) is 35.2 Å². The summed E-state index contributed by atoms with van der Waals surface area (Å²) in [4.78, 5) is 21.5. The standard InChI is InChI=1S/C30H31F3N6O/c1-37(28-24(16-35)30(40)38(2)26-13-7-20(15-34)36-27(26)28)21-8-10-22(11-9-21)39(17-18-4-3-5-18)25-12-6-19(31)14-23(25)29(32)33/h6-7,12-14,18,21-22,29H,3-5,8-11,17H2,1-2H3. The van der Waals surface area contributed by atoms with Crippen molar-refractivity contribution in [3.8, 4) is 12.1 Å². The number of halogens is 3. The fraction of sp³-hybridized carbons (Fsp3) is 0.467. The molecule has 3 aromatic rings.